The molecule has 2 aromatic carbocycles. The molecule has 0 unspecified atom stereocenters. The Labute approximate surface area is 175 Å². The second kappa shape index (κ2) is 10.2. The van der Waals surface area contributed by atoms with Gasteiger partial charge in [0.1, 0.15) is 6.04 Å². The summed E-state index contributed by atoms with van der Waals surface area (Å²) in [5, 5.41) is 13.1. The number of nitro groups is 1. The smallest absolute Gasteiger partial charge is 0.306 e. The van der Waals surface area contributed by atoms with Crippen molar-refractivity contribution in [3.8, 4) is 0 Å². The maximum Gasteiger partial charge on any atom is 0.306 e. The fourth-order valence-corrected chi connectivity index (χ4v) is 2.94. The number of ether oxygens (including phenoxy) is 1. The van der Waals surface area contributed by atoms with Gasteiger partial charge in [-0.05, 0) is 24.6 Å². The van der Waals surface area contributed by atoms with Crippen LogP contribution in [0.2, 0.25) is 0 Å². The number of nitro benzene ring substituents is 1. The normalized spacial score (nSPS) is 12.5. The first-order chi connectivity index (χ1) is 14.6. The van der Waals surface area contributed by atoms with Gasteiger partial charge in [-0.1, -0.05) is 18.2 Å². The Balaban J connectivity index is 2.41. The highest BCUT2D eigenvalue weighted by atomic mass is 19.2. The monoisotopic (exact) mass is 435 g/mol. The van der Waals surface area contributed by atoms with Crippen molar-refractivity contribution in [1.29, 1.82) is 0 Å². The van der Waals surface area contributed by atoms with Gasteiger partial charge in [-0.25, -0.2) is 8.78 Å². The standard InChI is InChI=1S/C20H19F2N3O6/c1-2-31-16(26)10-14(11-6-8-12(9-7-11)25(29)30)18(19(23)27)24-20(28)13-4-3-5-15(21)17(13)22/h3-9,14,18H,2,10H2,1H3,(H2,23,27)(H,24,28)/t14-,18+/m0/s1. The van der Waals surface area contributed by atoms with E-state index in [1.165, 1.54) is 12.1 Å². The van der Waals surface area contributed by atoms with Gasteiger partial charge < -0.3 is 15.8 Å². The SMILES string of the molecule is CCOC(=O)C[C@@H](c1ccc([N+](=O)[O-])cc1)[C@@H](NC(=O)c1cccc(F)c1F)C(N)=O. The highest BCUT2D eigenvalue weighted by Gasteiger charge is 2.33. The number of nitrogens with zero attached hydrogens (tertiary/aromatic N) is 1. The van der Waals surface area contributed by atoms with Gasteiger partial charge in [-0.15, -0.1) is 0 Å². The van der Waals surface area contributed by atoms with Gasteiger partial charge in [0.05, 0.1) is 23.5 Å². The van der Waals surface area contributed by atoms with Gasteiger partial charge in [-0.3, -0.25) is 24.5 Å². The second-order valence-corrected chi connectivity index (χ2v) is 6.42. The highest BCUT2D eigenvalue weighted by molar-refractivity contribution is 5.98. The van der Waals surface area contributed by atoms with Gasteiger partial charge >= 0.3 is 5.97 Å². The molecule has 0 spiro atoms. The molecule has 0 bridgehead atoms. The number of hydrogen-bond donors (Lipinski definition) is 2. The molecule has 31 heavy (non-hydrogen) atoms. The minimum Gasteiger partial charge on any atom is -0.466 e. The third-order valence-corrected chi connectivity index (χ3v) is 4.42. The lowest BCUT2D eigenvalue weighted by Crippen LogP contribution is -2.49. The number of nitrogens with two attached hydrogens (primary N) is 1. The number of primary amides is 1. The summed E-state index contributed by atoms with van der Waals surface area (Å²) in [6.45, 7) is 1.62. The van der Waals surface area contributed by atoms with E-state index in [0.29, 0.717) is 0 Å². The average molecular weight is 435 g/mol. The zero-order valence-electron chi connectivity index (χ0n) is 16.3. The summed E-state index contributed by atoms with van der Waals surface area (Å²) < 4.78 is 32.3. The fraction of sp³-hybridized carbons (Fsp3) is 0.250. The maximum atomic E-state index is 14.0. The third-order valence-electron chi connectivity index (χ3n) is 4.42. The maximum absolute atomic E-state index is 14.0. The van der Waals surface area contributed by atoms with Crippen LogP contribution < -0.4 is 11.1 Å². The predicted octanol–water partition coefficient (Wildman–Crippen LogP) is 2.19. The van der Waals surface area contributed by atoms with E-state index in [9.17, 15) is 33.3 Å². The second-order valence-electron chi connectivity index (χ2n) is 6.42. The lowest BCUT2D eigenvalue weighted by Gasteiger charge is -2.25. The molecule has 164 valence electrons. The van der Waals surface area contributed by atoms with E-state index >= 15 is 0 Å². The van der Waals surface area contributed by atoms with E-state index in [1.54, 1.807) is 6.92 Å². The molecule has 0 aliphatic heterocycles. The molecular formula is C20H19F2N3O6. The molecule has 0 aliphatic carbocycles. The summed E-state index contributed by atoms with van der Waals surface area (Å²) in [6.07, 6.45) is -0.412. The Morgan fingerprint density at radius 2 is 1.81 bits per heavy atom. The van der Waals surface area contributed by atoms with Crippen molar-refractivity contribution in [3.63, 3.8) is 0 Å². The number of carbonyl (C=O) groups excluding carboxylic acids is 3. The van der Waals surface area contributed by atoms with E-state index in [0.717, 1.165) is 30.3 Å². The van der Waals surface area contributed by atoms with Gasteiger partial charge in [0.25, 0.3) is 11.6 Å². The molecule has 0 aliphatic rings. The van der Waals surface area contributed by atoms with Crippen LogP contribution in [0.4, 0.5) is 14.5 Å². The Hall–Kier alpha value is -3.89. The molecule has 0 radical (unpaired) electrons. The van der Waals surface area contributed by atoms with Crippen LogP contribution >= 0.6 is 0 Å². The molecular weight excluding hydrogens is 416 g/mol. The molecule has 9 nitrogen and oxygen atoms in total. The van der Waals surface area contributed by atoms with Crippen LogP contribution in [0.25, 0.3) is 0 Å². The highest BCUT2D eigenvalue weighted by Crippen LogP contribution is 2.27. The molecule has 3 N–H and O–H groups in total. The van der Waals surface area contributed by atoms with Crippen LogP contribution in [0.15, 0.2) is 42.5 Å². The van der Waals surface area contributed by atoms with E-state index in [1.807, 2.05) is 0 Å². The lowest BCUT2D eigenvalue weighted by atomic mass is 9.87. The number of rotatable bonds is 9. The van der Waals surface area contributed by atoms with Crippen LogP contribution in [-0.4, -0.2) is 35.4 Å². The third kappa shape index (κ3) is 5.81. The molecule has 0 saturated carbocycles. The molecule has 0 aromatic heterocycles. The van der Waals surface area contributed by atoms with Crippen LogP contribution in [0.5, 0.6) is 0 Å². The minimum atomic E-state index is -1.53. The zero-order valence-corrected chi connectivity index (χ0v) is 16.3. The number of carbonyl (C=O) groups is 3. The molecule has 2 atom stereocenters. The first kappa shape index (κ1) is 23.4. The average Bonchev–Trinajstić information content (AvgIpc) is 2.72. The van der Waals surface area contributed by atoms with Crippen molar-refractivity contribution in [2.45, 2.75) is 25.3 Å². The van der Waals surface area contributed by atoms with Gasteiger partial charge in [0.15, 0.2) is 11.6 Å². The van der Waals surface area contributed by atoms with Gasteiger partial charge in [0.2, 0.25) is 5.91 Å². The predicted molar refractivity (Wildman–Crippen MR) is 104 cm³/mol. The van der Waals surface area contributed by atoms with Gasteiger partial charge in [0, 0.05) is 18.1 Å². The van der Waals surface area contributed by atoms with E-state index in [4.69, 9.17) is 10.5 Å². The largest absolute Gasteiger partial charge is 0.466 e. The summed E-state index contributed by atoms with van der Waals surface area (Å²) in [5.41, 5.74) is 4.78. The number of benzene rings is 2. The first-order valence-corrected chi connectivity index (χ1v) is 9.09. The molecule has 2 amide bonds. The number of esters is 1. The number of hydrogen-bond acceptors (Lipinski definition) is 6. The summed E-state index contributed by atoms with van der Waals surface area (Å²) in [7, 11) is 0. The van der Waals surface area contributed by atoms with E-state index in [-0.39, 0.29) is 17.9 Å². The van der Waals surface area contributed by atoms with Crippen LogP contribution in [0.1, 0.15) is 35.2 Å². The van der Waals surface area contributed by atoms with E-state index < -0.39 is 58.3 Å². The molecule has 0 saturated heterocycles. The molecule has 0 heterocycles. The number of amides is 2. The Bertz CT molecular complexity index is 997. The van der Waals surface area contributed by atoms with Crippen molar-refractivity contribution in [3.05, 3.63) is 75.3 Å². The Kier molecular flexibility index (Phi) is 7.72. The molecule has 0 fully saturated rings. The molecule has 2 rings (SSSR count). The van der Waals surface area contributed by atoms with Crippen molar-refractivity contribution < 1.29 is 32.8 Å². The van der Waals surface area contributed by atoms with Crippen molar-refractivity contribution in [2.75, 3.05) is 6.61 Å². The van der Waals surface area contributed by atoms with Crippen molar-refractivity contribution in [1.82, 2.24) is 5.32 Å². The van der Waals surface area contributed by atoms with Gasteiger partial charge in [-0.2, -0.15) is 0 Å². The summed E-state index contributed by atoms with van der Waals surface area (Å²) in [6, 6.07) is 6.31. The topological polar surface area (TPSA) is 142 Å². The van der Waals surface area contributed by atoms with Crippen molar-refractivity contribution in [2.24, 2.45) is 5.73 Å². The first-order valence-electron chi connectivity index (χ1n) is 9.09. The summed E-state index contributed by atoms with van der Waals surface area (Å²) >= 11 is 0. The van der Waals surface area contributed by atoms with Crippen LogP contribution in [0.3, 0.4) is 0 Å². The van der Waals surface area contributed by atoms with Crippen LogP contribution in [-0.2, 0) is 14.3 Å². The number of non-ortho nitro benzene ring substituents is 1. The van der Waals surface area contributed by atoms with Crippen LogP contribution in [0, 0.1) is 21.7 Å². The number of nitrogens with one attached hydrogen (secondary N) is 1. The Morgan fingerprint density at radius 3 is 2.35 bits per heavy atom. The Morgan fingerprint density at radius 1 is 1.16 bits per heavy atom. The summed E-state index contributed by atoms with van der Waals surface area (Å²) in [4.78, 5) is 46.9. The molecule has 2 aromatic rings. The number of halogens is 2. The van der Waals surface area contributed by atoms with Crippen molar-refractivity contribution >= 4 is 23.5 Å². The minimum absolute atomic E-state index is 0.0495. The fourth-order valence-electron chi connectivity index (χ4n) is 2.94. The quantitative estimate of drug-likeness (QED) is 0.351. The molecule has 11 heteroatoms. The lowest BCUT2D eigenvalue weighted by molar-refractivity contribution is -0.384. The van der Waals surface area contributed by atoms with E-state index in [2.05, 4.69) is 5.32 Å². The summed E-state index contributed by atoms with van der Waals surface area (Å²) in [5.74, 6) is -6.67. The zero-order chi connectivity index (χ0) is 23.1.